The number of anilines is 1. The van der Waals surface area contributed by atoms with Crippen molar-refractivity contribution in [2.75, 3.05) is 18.4 Å². The van der Waals surface area contributed by atoms with Crippen LogP contribution in [0.5, 0.6) is 0 Å². The molecule has 0 radical (unpaired) electrons. The molecule has 0 aromatic carbocycles. The summed E-state index contributed by atoms with van der Waals surface area (Å²) in [6.45, 7) is 5.48. The van der Waals surface area contributed by atoms with Crippen LogP contribution in [0.3, 0.4) is 0 Å². The Morgan fingerprint density at radius 2 is 2.36 bits per heavy atom. The third kappa shape index (κ3) is 1.14. The summed E-state index contributed by atoms with van der Waals surface area (Å²) >= 11 is 0. The first-order valence-electron chi connectivity index (χ1n) is 5.38. The second kappa shape index (κ2) is 2.98. The van der Waals surface area contributed by atoms with Gasteiger partial charge in [0.25, 0.3) is 0 Å². The number of nitrogens with one attached hydrogen (secondary N) is 2. The van der Waals surface area contributed by atoms with Crippen molar-refractivity contribution in [3.63, 3.8) is 0 Å². The lowest BCUT2D eigenvalue weighted by atomic mass is 10.4. The van der Waals surface area contributed by atoms with Crippen LogP contribution in [-0.4, -0.2) is 28.7 Å². The fourth-order valence-electron chi connectivity index (χ4n) is 2.49. The zero-order chi connectivity index (χ0) is 9.54. The summed E-state index contributed by atoms with van der Waals surface area (Å²) in [5, 5.41) is 6.92. The van der Waals surface area contributed by atoms with Gasteiger partial charge in [0.1, 0.15) is 0 Å². The van der Waals surface area contributed by atoms with E-state index < -0.39 is 0 Å². The molecule has 2 atom stereocenters. The first-order chi connectivity index (χ1) is 6.90. The minimum absolute atomic E-state index is 0.670. The van der Waals surface area contributed by atoms with Crippen LogP contribution in [-0.2, 0) is 6.54 Å². The third-order valence-electron chi connectivity index (χ3n) is 3.44. The molecule has 0 amide bonds. The zero-order valence-corrected chi connectivity index (χ0v) is 8.40. The van der Waals surface area contributed by atoms with E-state index in [1.165, 1.54) is 13.1 Å². The number of hydrogen-bond acceptors (Lipinski definition) is 3. The molecule has 1 aromatic heterocycles. The molecule has 4 nitrogen and oxygen atoms in total. The molecule has 2 fully saturated rings. The predicted molar refractivity (Wildman–Crippen MR) is 55.2 cm³/mol. The van der Waals surface area contributed by atoms with E-state index >= 15 is 0 Å². The number of hydrogen-bond donors (Lipinski definition) is 2. The Balaban J connectivity index is 1.68. The number of fused-ring (bicyclic) bond motifs is 1. The van der Waals surface area contributed by atoms with Crippen LogP contribution in [0, 0.1) is 11.8 Å². The van der Waals surface area contributed by atoms with Gasteiger partial charge in [-0.15, -0.1) is 0 Å². The number of rotatable bonds is 3. The highest BCUT2D eigenvalue weighted by atomic mass is 15.2. The van der Waals surface area contributed by atoms with Crippen LogP contribution < -0.4 is 10.6 Å². The summed E-state index contributed by atoms with van der Waals surface area (Å²) in [5.41, 5.74) is 0. The Hall–Kier alpha value is -1.03. The number of nitrogens with zero attached hydrogens (tertiary/aromatic N) is 2. The van der Waals surface area contributed by atoms with Gasteiger partial charge in [-0.1, -0.05) is 0 Å². The highest BCUT2D eigenvalue weighted by Gasteiger charge is 2.53. The standard InChI is InChI=1S/C10H16N4/c1-2-14-4-3-12-10(14)13-9-7-5-11-6-8(7)9/h3-4,7-9,11H,2,5-6H2,1H3,(H,12,13). The van der Waals surface area contributed by atoms with Gasteiger partial charge in [-0.3, -0.25) is 0 Å². The molecule has 76 valence electrons. The quantitative estimate of drug-likeness (QED) is 0.734. The summed E-state index contributed by atoms with van der Waals surface area (Å²) in [6.07, 6.45) is 3.89. The van der Waals surface area contributed by atoms with E-state index in [1.807, 2.05) is 12.4 Å². The molecule has 1 aromatic rings. The third-order valence-corrected chi connectivity index (χ3v) is 3.44. The average molecular weight is 192 g/mol. The molecule has 0 bridgehead atoms. The molecule has 2 heterocycles. The Morgan fingerprint density at radius 1 is 1.57 bits per heavy atom. The molecule has 1 saturated heterocycles. The molecule has 2 N–H and O–H groups in total. The van der Waals surface area contributed by atoms with Crippen molar-refractivity contribution in [2.45, 2.75) is 19.5 Å². The molecule has 2 unspecified atom stereocenters. The smallest absolute Gasteiger partial charge is 0.202 e. The van der Waals surface area contributed by atoms with Crippen molar-refractivity contribution in [2.24, 2.45) is 11.8 Å². The second-order valence-electron chi connectivity index (χ2n) is 4.19. The lowest BCUT2D eigenvalue weighted by Crippen LogP contribution is -2.22. The zero-order valence-electron chi connectivity index (χ0n) is 8.40. The van der Waals surface area contributed by atoms with E-state index in [0.29, 0.717) is 6.04 Å². The average Bonchev–Trinajstić information content (AvgIpc) is 2.62. The largest absolute Gasteiger partial charge is 0.352 e. The van der Waals surface area contributed by atoms with Crippen LogP contribution in [0.2, 0.25) is 0 Å². The van der Waals surface area contributed by atoms with Crippen LogP contribution in [0.15, 0.2) is 12.4 Å². The Bertz CT molecular complexity index is 323. The first-order valence-corrected chi connectivity index (χ1v) is 5.38. The summed E-state index contributed by atoms with van der Waals surface area (Å²) < 4.78 is 2.15. The topological polar surface area (TPSA) is 41.9 Å². The fourth-order valence-corrected chi connectivity index (χ4v) is 2.49. The molecule has 1 saturated carbocycles. The van der Waals surface area contributed by atoms with Crippen molar-refractivity contribution in [3.05, 3.63) is 12.4 Å². The van der Waals surface area contributed by atoms with Gasteiger partial charge in [-0.05, 0) is 18.8 Å². The van der Waals surface area contributed by atoms with Crippen molar-refractivity contribution in [1.82, 2.24) is 14.9 Å². The molecule has 1 aliphatic carbocycles. The van der Waals surface area contributed by atoms with Gasteiger partial charge in [-0.25, -0.2) is 4.98 Å². The number of imidazole rings is 1. The number of aromatic nitrogens is 2. The van der Waals surface area contributed by atoms with E-state index in [-0.39, 0.29) is 0 Å². The molecule has 1 aliphatic heterocycles. The number of piperidine rings is 1. The lowest BCUT2D eigenvalue weighted by molar-refractivity contribution is 0.683. The monoisotopic (exact) mass is 192 g/mol. The molecular formula is C10H16N4. The van der Waals surface area contributed by atoms with E-state index in [4.69, 9.17) is 0 Å². The lowest BCUT2D eigenvalue weighted by Gasteiger charge is -2.09. The van der Waals surface area contributed by atoms with E-state index in [1.54, 1.807) is 0 Å². The molecule has 14 heavy (non-hydrogen) atoms. The summed E-state index contributed by atoms with van der Waals surface area (Å²) in [4.78, 5) is 4.33. The maximum Gasteiger partial charge on any atom is 0.202 e. The summed E-state index contributed by atoms with van der Waals surface area (Å²) in [7, 11) is 0. The van der Waals surface area contributed by atoms with Crippen molar-refractivity contribution < 1.29 is 0 Å². The van der Waals surface area contributed by atoms with Crippen LogP contribution in [0.1, 0.15) is 6.92 Å². The highest BCUT2D eigenvalue weighted by Crippen LogP contribution is 2.43. The fraction of sp³-hybridized carbons (Fsp3) is 0.700. The van der Waals surface area contributed by atoms with Gasteiger partial charge in [0, 0.05) is 38.1 Å². The van der Waals surface area contributed by atoms with Gasteiger partial charge < -0.3 is 15.2 Å². The Labute approximate surface area is 83.7 Å². The highest BCUT2D eigenvalue weighted by molar-refractivity contribution is 5.33. The van der Waals surface area contributed by atoms with Crippen molar-refractivity contribution in [3.8, 4) is 0 Å². The Morgan fingerprint density at radius 3 is 3.07 bits per heavy atom. The SMILES string of the molecule is CCn1ccnc1NC1C2CNCC21. The van der Waals surface area contributed by atoms with Crippen LogP contribution >= 0.6 is 0 Å². The Kier molecular flexibility index (Phi) is 1.77. The molecule has 3 rings (SSSR count). The second-order valence-corrected chi connectivity index (χ2v) is 4.19. The predicted octanol–water partition coefficient (Wildman–Crippen LogP) is 0.533. The minimum Gasteiger partial charge on any atom is -0.352 e. The van der Waals surface area contributed by atoms with Crippen molar-refractivity contribution in [1.29, 1.82) is 0 Å². The van der Waals surface area contributed by atoms with Gasteiger partial charge in [-0.2, -0.15) is 0 Å². The first kappa shape index (κ1) is 8.29. The van der Waals surface area contributed by atoms with Crippen molar-refractivity contribution >= 4 is 5.95 Å². The van der Waals surface area contributed by atoms with Crippen LogP contribution in [0.4, 0.5) is 5.95 Å². The van der Waals surface area contributed by atoms with Gasteiger partial charge in [0.05, 0.1) is 0 Å². The van der Waals surface area contributed by atoms with Gasteiger partial charge in [0.15, 0.2) is 0 Å². The summed E-state index contributed by atoms with van der Waals surface area (Å²) in [6, 6.07) is 0.670. The summed E-state index contributed by atoms with van der Waals surface area (Å²) in [5.74, 6) is 2.72. The van der Waals surface area contributed by atoms with E-state index in [0.717, 1.165) is 24.3 Å². The van der Waals surface area contributed by atoms with E-state index in [2.05, 4.69) is 27.1 Å². The van der Waals surface area contributed by atoms with Crippen LogP contribution in [0.25, 0.3) is 0 Å². The van der Waals surface area contributed by atoms with Gasteiger partial charge >= 0.3 is 0 Å². The molecule has 2 aliphatic rings. The number of aryl methyl sites for hydroxylation is 1. The van der Waals surface area contributed by atoms with E-state index in [9.17, 15) is 0 Å². The normalized spacial score (nSPS) is 34.2. The molecule has 0 spiro atoms. The molecular weight excluding hydrogens is 176 g/mol. The van der Waals surface area contributed by atoms with Gasteiger partial charge in [0.2, 0.25) is 5.95 Å². The maximum atomic E-state index is 4.33. The molecule has 4 heteroatoms. The minimum atomic E-state index is 0.670. The maximum absolute atomic E-state index is 4.33.